The first-order chi connectivity index (χ1) is 20.2. The van der Waals surface area contributed by atoms with Gasteiger partial charge in [-0.2, -0.15) is 0 Å². The number of amides is 1. The smallest absolute Gasteiger partial charge is 0.303 e. The third-order valence-electron chi connectivity index (χ3n) is 10.5. The maximum Gasteiger partial charge on any atom is 0.303 e. The predicted octanol–water partition coefficient (Wildman–Crippen LogP) is 5.09. The van der Waals surface area contributed by atoms with Crippen LogP contribution in [0.25, 0.3) is 6.08 Å². The lowest BCUT2D eigenvalue weighted by Crippen LogP contribution is -2.79. The molecule has 42 heavy (non-hydrogen) atoms. The number of phenolic OH excluding ortho intramolecular Hbond substituents is 1. The molecule has 222 valence electrons. The molecule has 0 aromatic heterocycles. The van der Waals surface area contributed by atoms with Gasteiger partial charge in [0.05, 0.1) is 17.5 Å². The lowest BCUT2D eigenvalue weighted by atomic mass is 9.48. The summed E-state index contributed by atoms with van der Waals surface area (Å²) in [5.41, 5.74) is 1.75. The van der Waals surface area contributed by atoms with Crippen molar-refractivity contribution >= 4 is 18.0 Å². The van der Waals surface area contributed by atoms with E-state index in [0.717, 1.165) is 37.1 Å². The van der Waals surface area contributed by atoms with Gasteiger partial charge in [-0.3, -0.25) is 14.5 Å². The van der Waals surface area contributed by atoms with E-state index in [2.05, 4.69) is 18.7 Å². The first kappa shape index (κ1) is 27.5. The minimum absolute atomic E-state index is 0.0398. The second-order valence-electron chi connectivity index (χ2n) is 13.6. The highest BCUT2D eigenvalue weighted by molar-refractivity contribution is 5.92. The number of ether oxygens (including phenoxy) is 2. The Kier molecular flexibility index (Phi) is 6.65. The lowest BCUT2D eigenvalue weighted by molar-refractivity contribution is -0.224. The fourth-order valence-electron chi connectivity index (χ4n) is 8.82. The van der Waals surface area contributed by atoms with E-state index < -0.39 is 17.1 Å². The van der Waals surface area contributed by atoms with E-state index >= 15 is 0 Å². The van der Waals surface area contributed by atoms with Gasteiger partial charge >= 0.3 is 5.97 Å². The molecule has 2 bridgehead atoms. The van der Waals surface area contributed by atoms with Crippen LogP contribution in [0, 0.1) is 11.8 Å². The molecule has 1 spiro atoms. The first-order valence-corrected chi connectivity index (χ1v) is 15.7. The molecule has 3 fully saturated rings. The maximum absolute atomic E-state index is 14.0. The SMILES string of the molecule is CC(=O)O[C@@]12CC[C@H](N(CC(C)C)C(=O)C=Cc3ccccc3)[C@@H]3Oc4c(O)ccc5c4[C@@]31CCN(CC1CC1)[C@@H]2C5. The number of likely N-dealkylation sites (tertiary alicyclic amines) is 1. The van der Waals surface area contributed by atoms with Crippen LogP contribution < -0.4 is 4.74 Å². The zero-order valence-corrected chi connectivity index (χ0v) is 24.9. The number of rotatable bonds is 8. The largest absolute Gasteiger partial charge is 0.504 e. The van der Waals surface area contributed by atoms with Crippen LogP contribution in [0.3, 0.4) is 0 Å². The Morgan fingerprint density at radius 1 is 1.14 bits per heavy atom. The molecule has 2 heterocycles. The Morgan fingerprint density at radius 2 is 1.93 bits per heavy atom. The highest BCUT2D eigenvalue weighted by Gasteiger charge is 2.75. The number of esters is 1. The van der Waals surface area contributed by atoms with Crippen LogP contribution in [-0.4, -0.2) is 70.2 Å². The van der Waals surface area contributed by atoms with Crippen LogP contribution in [0.15, 0.2) is 48.5 Å². The van der Waals surface area contributed by atoms with Crippen molar-refractivity contribution in [3.05, 3.63) is 65.2 Å². The van der Waals surface area contributed by atoms with Crippen LogP contribution in [0.1, 0.15) is 69.6 Å². The summed E-state index contributed by atoms with van der Waals surface area (Å²) in [6, 6.07) is 13.5. The van der Waals surface area contributed by atoms with Crippen LogP contribution in [-0.2, 0) is 26.2 Å². The van der Waals surface area contributed by atoms with E-state index in [1.807, 2.05) is 47.4 Å². The summed E-state index contributed by atoms with van der Waals surface area (Å²) >= 11 is 0. The molecule has 2 aromatic carbocycles. The van der Waals surface area contributed by atoms with Gasteiger partial charge in [-0.1, -0.05) is 50.2 Å². The van der Waals surface area contributed by atoms with Gasteiger partial charge in [0.15, 0.2) is 11.5 Å². The average molecular weight is 571 g/mol. The van der Waals surface area contributed by atoms with Gasteiger partial charge in [0.2, 0.25) is 5.91 Å². The highest BCUT2D eigenvalue weighted by Crippen LogP contribution is 2.67. The summed E-state index contributed by atoms with van der Waals surface area (Å²) in [5, 5.41) is 11.1. The van der Waals surface area contributed by atoms with Crippen molar-refractivity contribution in [2.24, 2.45) is 11.8 Å². The average Bonchev–Trinajstić information content (AvgIpc) is 3.71. The van der Waals surface area contributed by atoms with Crippen LogP contribution in [0.4, 0.5) is 0 Å². The van der Waals surface area contributed by atoms with E-state index in [-0.39, 0.29) is 35.6 Å². The standard InChI is InChI=1S/C35H42N2O5/c1-22(2)20-37(30(40)14-11-24-7-5-4-6-8-24)27-15-16-35(42-23(3)38)29-19-26-12-13-28(39)32-31(26)34(35,33(27)41-32)17-18-36(29)21-25-9-10-25/h4-8,11-14,22,25,27,29,33,39H,9-10,15-21H2,1-3H3/t27-,29+,33-,34-,35+/m0/s1. The number of hydrogen-bond acceptors (Lipinski definition) is 6. The van der Waals surface area contributed by atoms with E-state index in [1.54, 1.807) is 12.1 Å². The summed E-state index contributed by atoms with van der Waals surface area (Å²) < 4.78 is 13.4. The van der Waals surface area contributed by atoms with Crippen molar-refractivity contribution in [3.63, 3.8) is 0 Å². The van der Waals surface area contributed by atoms with E-state index in [1.165, 1.54) is 25.3 Å². The Morgan fingerprint density at radius 3 is 2.64 bits per heavy atom. The molecule has 7 nitrogen and oxygen atoms in total. The van der Waals surface area contributed by atoms with Crippen molar-refractivity contribution < 1.29 is 24.2 Å². The van der Waals surface area contributed by atoms with Gasteiger partial charge in [-0.25, -0.2) is 0 Å². The second-order valence-corrected chi connectivity index (χ2v) is 13.6. The van der Waals surface area contributed by atoms with Gasteiger partial charge in [0.1, 0.15) is 11.7 Å². The Hall–Kier alpha value is -3.32. The predicted molar refractivity (Wildman–Crippen MR) is 160 cm³/mol. The zero-order valence-electron chi connectivity index (χ0n) is 24.9. The van der Waals surface area contributed by atoms with Gasteiger partial charge in [0.25, 0.3) is 0 Å². The molecule has 2 aromatic rings. The molecule has 0 radical (unpaired) electrons. The van der Waals surface area contributed by atoms with E-state index in [9.17, 15) is 14.7 Å². The van der Waals surface area contributed by atoms with Gasteiger partial charge in [0, 0.05) is 31.7 Å². The number of carbonyl (C=O) groups excluding carboxylic acids is 2. The van der Waals surface area contributed by atoms with E-state index in [0.29, 0.717) is 31.1 Å². The zero-order chi connectivity index (χ0) is 29.2. The quantitative estimate of drug-likeness (QED) is 0.352. The summed E-state index contributed by atoms with van der Waals surface area (Å²) in [5.74, 6) is 1.29. The highest BCUT2D eigenvalue weighted by atomic mass is 16.6. The molecular weight excluding hydrogens is 528 g/mol. The number of piperidine rings is 1. The molecule has 5 atom stereocenters. The third-order valence-corrected chi connectivity index (χ3v) is 10.5. The van der Waals surface area contributed by atoms with Gasteiger partial charge in [-0.05, 0) is 80.2 Å². The summed E-state index contributed by atoms with van der Waals surface area (Å²) in [7, 11) is 0. The molecule has 7 rings (SSSR count). The van der Waals surface area contributed by atoms with E-state index in [4.69, 9.17) is 9.47 Å². The van der Waals surface area contributed by atoms with Crippen molar-refractivity contribution in [1.82, 2.24) is 9.80 Å². The Balaban J connectivity index is 1.33. The summed E-state index contributed by atoms with van der Waals surface area (Å²) in [6.07, 6.45) is 8.50. The van der Waals surface area contributed by atoms with Crippen molar-refractivity contribution in [3.8, 4) is 11.5 Å². The fourth-order valence-corrected chi connectivity index (χ4v) is 8.82. The molecule has 2 saturated carbocycles. The molecule has 0 unspecified atom stereocenters. The normalized spacial score (nSPS) is 31.1. The van der Waals surface area contributed by atoms with Gasteiger partial charge < -0.3 is 19.5 Å². The summed E-state index contributed by atoms with van der Waals surface area (Å²) in [6.45, 7) is 8.29. The molecule has 3 aliphatic carbocycles. The van der Waals surface area contributed by atoms with Crippen molar-refractivity contribution in [2.45, 2.75) is 88.5 Å². The number of phenols is 1. The molecule has 1 saturated heterocycles. The van der Waals surface area contributed by atoms with Crippen LogP contribution in [0.2, 0.25) is 0 Å². The summed E-state index contributed by atoms with van der Waals surface area (Å²) in [4.78, 5) is 31.5. The Bertz CT molecular complexity index is 1420. The lowest BCUT2D eigenvalue weighted by Gasteiger charge is -2.65. The second kappa shape index (κ2) is 10.1. The molecule has 2 aliphatic heterocycles. The molecule has 5 aliphatic rings. The minimum atomic E-state index is -0.772. The topological polar surface area (TPSA) is 79.3 Å². The third kappa shape index (κ3) is 4.18. The number of hydrogen-bond donors (Lipinski definition) is 1. The molecular formula is C35H42N2O5. The molecule has 7 heteroatoms. The first-order valence-electron chi connectivity index (χ1n) is 15.7. The fraction of sp³-hybridized carbons (Fsp3) is 0.543. The Labute approximate surface area is 248 Å². The van der Waals surface area contributed by atoms with Crippen molar-refractivity contribution in [2.75, 3.05) is 19.6 Å². The molecule has 1 amide bonds. The number of carbonyl (C=O) groups is 2. The maximum atomic E-state index is 14.0. The van der Waals surface area contributed by atoms with Crippen LogP contribution >= 0.6 is 0 Å². The number of aromatic hydroxyl groups is 1. The number of benzene rings is 2. The minimum Gasteiger partial charge on any atom is -0.504 e. The monoisotopic (exact) mass is 570 g/mol. The van der Waals surface area contributed by atoms with Crippen LogP contribution in [0.5, 0.6) is 11.5 Å². The molecule has 1 N–H and O–H groups in total. The van der Waals surface area contributed by atoms with Crippen molar-refractivity contribution in [1.29, 1.82) is 0 Å². The number of nitrogens with zero attached hydrogens (tertiary/aromatic N) is 2. The van der Waals surface area contributed by atoms with Gasteiger partial charge in [-0.15, -0.1) is 0 Å².